The smallest absolute Gasteiger partial charge is 0.191 e. The molecule has 6 heteroatoms. The molecule has 0 spiro atoms. The van der Waals surface area contributed by atoms with E-state index in [2.05, 4.69) is 34.4 Å². The fourth-order valence-electron chi connectivity index (χ4n) is 2.77. The molecule has 0 atom stereocenters. The van der Waals surface area contributed by atoms with Crippen LogP contribution in [0.5, 0.6) is 0 Å². The number of aliphatic imine (C=N–C) groups is 1. The first-order chi connectivity index (χ1) is 10.7. The number of hydrogen-bond donors (Lipinski definition) is 2. The Bertz CT molecular complexity index is 463. The standard InChI is InChI=1S/C16H29N5S/c1-4-8-21-9-6-14(7-10-21)20-16(17-5-2)19-12-15-11-18-13(3)22-15/h11,14H,4-10,12H2,1-3H3,(H2,17,19,20). The fraction of sp³-hybridized carbons (Fsp3) is 0.750. The van der Waals surface area contributed by atoms with E-state index >= 15 is 0 Å². The maximum Gasteiger partial charge on any atom is 0.191 e. The van der Waals surface area contributed by atoms with Gasteiger partial charge in [-0.3, -0.25) is 0 Å². The van der Waals surface area contributed by atoms with Crippen LogP contribution in [0.1, 0.15) is 43.0 Å². The van der Waals surface area contributed by atoms with Gasteiger partial charge in [0.05, 0.1) is 11.6 Å². The van der Waals surface area contributed by atoms with Gasteiger partial charge in [-0.05, 0) is 39.7 Å². The number of likely N-dealkylation sites (tertiary alicyclic amines) is 1. The third kappa shape index (κ3) is 5.57. The van der Waals surface area contributed by atoms with Crippen molar-refractivity contribution < 1.29 is 0 Å². The zero-order chi connectivity index (χ0) is 15.8. The summed E-state index contributed by atoms with van der Waals surface area (Å²) >= 11 is 1.72. The molecule has 0 aliphatic carbocycles. The lowest BCUT2D eigenvalue weighted by Crippen LogP contribution is -2.48. The van der Waals surface area contributed by atoms with Crippen LogP contribution in [0.15, 0.2) is 11.2 Å². The van der Waals surface area contributed by atoms with Crippen LogP contribution in [0.25, 0.3) is 0 Å². The summed E-state index contributed by atoms with van der Waals surface area (Å²) in [6.07, 6.45) is 5.57. The molecule has 0 unspecified atom stereocenters. The topological polar surface area (TPSA) is 52.5 Å². The average Bonchev–Trinajstić information content (AvgIpc) is 2.93. The summed E-state index contributed by atoms with van der Waals surface area (Å²) in [6.45, 7) is 11.6. The molecule has 1 aromatic heterocycles. The molecular formula is C16H29N5S. The first-order valence-corrected chi connectivity index (χ1v) is 9.21. The van der Waals surface area contributed by atoms with Crippen LogP contribution in [-0.4, -0.2) is 48.1 Å². The second-order valence-electron chi connectivity index (χ2n) is 5.80. The lowest BCUT2D eigenvalue weighted by molar-refractivity contribution is 0.206. The maximum absolute atomic E-state index is 4.70. The molecule has 0 radical (unpaired) electrons. The van der Waals surface area contributed by atoms with Crippen molar-refractivity contribution in [3.8, 4) is 0 Å². The van der Waals surface area contributed by atoms with Crippen molar-refractivity contribution in [2.24, 2.45) is 4.99 Å². The zero-order valence-corrected chi connectivity index (χ0v) is 14.9. The molecule has 0 amide bonds. The van der Waals surface area contributed by atoms with Crippen LogP contribution in [0, 0.1) is 6.92 Å². The molecule has 2 heterocycles. The second kappa shape index (κ2) is 9.10. The molecule has 1 aromatic rings. The Morgan fingerprint density at radius 2 is 2.18 bits per heavy atom. The molecule has 1 saturated heterocycles. The Morgan fingerprint density at radius 1 is 1.41 bits per heavy atom. The van der Waals surface area contributed by atoms with Crippen molar-refractivity contribution in [3.63, 3.8) is 0 Å². The minimum Gasteiger partial charge on any atom is -0.357 e. The number of thiazole rings is 1. The van der Waals surface area contributed by atoms with Crippen molar-refractivity contribution in [2.45, 2.75) is 52.6 Å². The molecule has 1 fully saturated rings. The molecule has 1 aliphatic rings. The van der Waals surface area contributed by atoms with Gasteiger partial charge in [0.25, 0.3) is 0 Å². The third-order valence-corrected chi connectivity index (χ3v) is 4.77. The first kappa shape index (κ1) is 17.2. The van der Waals surface area contributed by atoms with E-state index in [1.165, 1.54) is 43.8 Å². The highest BCUT2D eigenvalue weighted by Crippen LogP contribution is 2.13. The lowest BCUT2D eigenvalue weighted by Gasteiger charge is -2.32. The van der Waals surface area contributed by atoms with Gasteiger partial charge in [0.1, 0.15) is 0 Å². The summed E-state index contributed by atoms with van der Waals surface area (Å²) in [4.78, 5) is 12.8. The lowest BCUT2D eigenvalue weighted by atomic mass is 10.1. The van der Waals surface area contributed by atoms with Gasteiger partial charge in [0.15, 0.2) is 5.96 Å². The molecule has 124 valence electrons. The summed E-state index contributed by atoms with van der Waals surface area (Å²) < 4.78 is 0. The number of aryl methyl sites for hydroxylation is 1. The van der Waals surface area contributed by atoms with Crippen molar-refractivity contribution in [1.29, 1.82) is 0 Å². The Morgan fingerprint density at radius 3 is 2.77 bits per heavy atom. The van der Waals surface area contributed by atoms with Gasteiger partial charge in [-0.25, -0.2) is 9.98 Å². The zero-order valence-electron chi connectivity index (χ0n) is 14.1. The van der Waals surface area contributed by atoms with E-state index in [1.807, 2.05) is 13.1 Å². The molecule has 0 saturated carbocycles. The minimum atomic E-state index is 0.536. The monoisotopic (exact) mass is 323 g/mol. The van der Waals surface area contributed by atoms with Gasteiger partial charge < -0.3 is 15.5 Å². The number of rotatable bonds is 6. The van der Waals surface area contributed by atoms with Crippen molar-refractivity contribution in [3.05, 3.63) is 16.1 Å². The maximum atomic E-state index is 4.70. The highest BCUT2D eigenvalue weighted by atomic mass is 32.1. The normalized spacial score (nSPS) is 17.7. The van der Waals surface area contributed by atoms with Crippen LogP contribution in [0.4, 0.5) is 0 Å². The molecule has 1 aliphatic heterocycles. The van der Waals surface area contributed by atoms with Gasteiger partial charge in [-0.2, -0.15) is 0 Å². The van der Waals surface area contributed by atoms with Gasteiger partial charge in [0.2, 0.25) is 0 Å². The summed E-state index contributed by atoms with van der Waals surface area (Å²) in [5.74, 6) is 0.933. The van der Waals surface area contributed by atoms with Crippen LogP contribution in [0.3, 0.4) is 0 Å². The van der Waals surface area contributed by atoms with Crippen LogP contribution in [-0.2, 0) is 6.54 Å². The van der Waals surface area contributed by atoms with E-state index in [0.29, 0.717) is 12.6 Å². The van der Waals surface area contributed by atoms with E-state index in [1.54, 1.807) is 11.3 Å². The van der Waals surface area contributed by atoms with E-state index in [4.69, 9.17) is 4.99 Å². The molecule has 0 bridgehead atoms. The molecule has 5 nitrogen and oxygen atoms in total. The number of nitrogens with one attached hydrogen (secondary N) is 2. The third-order valence-electron chi connectivity index (χ3n) is 3.87. The highest BCUT2D eigenvalue weighted by molar-refractivity contribution is 7.11. The van der Waals surface area contributed by atoms with Gasteiger partial charge in [-0.15, -0.1) is 11.3 Å². The molecule has 2 rings (SSSR count). The van der Waals surface area contributed by atoms with Gasteiger partial charge >= 0.3 is 0 Å². The predicted molar refractivity (Wildman–Crippen MR) is 94.6 cm³/mol. The number of guanidine groups is 1. The largest absolute Gasteiger partial charge is 0.357 e. The highest BCUT2D eigenvalue weighted by Gasteiger charge is 2.19. The fourth-order valence-corrected chi connectivity index (χ4v) is 3.49. The summed E-state index contributed by atoms with van der Waals surface area (Å²) in [6, 6.07) is 0.536. The van der Waals surface area contributed by atoms with E-state index in [-0.39, 0.29) is 0 Å². The average molecular weight is 324 g/mol. The van der Waals surface area contributed by atoms with Gasteiger partial charge in [0, 0.05) is 36.8 Å². The number of aromatic nitrogens is 1. The van der Waals surface area contributed by atoms with Crippen molar-refractivity contribution >= 4 is 17.3 Å². The Kier molecular flexibility index (Phi) is 7.12. The quantitative estimate of drug-likeness (QED) is 0.623. The number of nitrogens with zero attached hydrogens (tertiary/aromatic N) is 3. The SMILES string of the molecule is CCCN1CCC(NC(=NCc2cnc(C)s2)NCC)CC1. The summed E-state index contributed by atoms with van der Waals surface area (Å²) in [7, 11) is 0. The molecular weight excluding hydrogens is 294 g/mol. The molecule has 2 N–H and O–H groups in total. The van der Waals surface area contributed by atoms with E-state index in [9.17, 15) is 0 Å². The van der Waals surface area contributed by atoms with Crippen LogP contribution >= 0.6 is 11.3 Å². The second-order valence-corrected chi connectivity index (χ2v) is 7.12. The van der Waals surface area contributed by atoms with Crippen molar-refractivity contribution in [2.75, 3.05) is 26.2 Å². The predicted octanol–water partition coefficient (Wildman–Crippen LogP) is 2.38. The van der Waals surface area contributed by atoms with Crippen LogP contribution in [0.2, 0.25) is 0 Å². The Hall–Kier alpha value is -1.14. The minimum absolute atomic E-state index is 0.536. The summed E-state index contributed by atoms with van der Waals surface area (Å²) in [5.41, 5.74) is 0. The molecule has 22 heavy (non-hydrogen) atoms. The number of hydrogen-bond acceptors (Lipinski definition) is 4. The first-order valence-electron chi connectivity index (χ1n) is 8.39. The Labute approximate surface area is 138 Å². The van der Waals surface area contributed by atoms with Crippen molar-refractivity contribution in [1.82, 2.24) is 20.5 Å². The van der Waals surface area contributed by atoms with E-state index in [0.717, 1.165) is 17.5 Å². The van der Waals surface area contributed by atoms with Crippen LogP contribution < -0.4 is 10.6 Å². The summed E-state index contributed by atoms with van der Waals surface area (Å²) in [5, 5.41) is 8.05. The molecule has 0 aromatic carbocycles. The van der Waals surface area contributed by atoms with Gasteiger partial charge in [-0.1, -0.05) is 6.92 Å². The number of piperidine rings is 1. The Balaban J connectivity index is 1.83. The van der Waals surface area contributed by atoms with E-state index < -0.39 is 0 Å².